The Labute approximate surface area is 181 Å². The van der Waals surface area contributed by atoms with Crippen LogP contribution in [-0.2, 0) is 17.8 Å². The van der Waals surface area contributed by atoms with Crippen molar-refractivity contribution in [2.45, 2.75) is 32.4 Å². The Bertz CT molecular complexity index is 1240. The molecule has 0 fully saturated rings. The van der Waals surface area contributed by atoms with Crippen LogP contribution in [0, 0.1) is 0 Å². The molecule has 4 rings (SSSR count). The summed E-state index contributed by atoms with van der Waals surface area (Å²) in [4.78, 5) is 24.9. The van der Waals surface area contributed by atoms with Crippen LogP contribution in [0.3, 0.4) is 0 Å². The number of benzene rings is 3. The monoisotopic (exact) mass is 411 g/mol. The van der Waals surface area contributed by atoms with Crippen molar-refractivity contribution in [3.63, 3.8) is 0 Å². The first-order valence-corrected chi connectivity index (χ1v) is 10.5. The third-order valence-electron chi connectivity index (χ3n) is 5.34. The molecule has 1 N–H and O–H groups in total. The Kier molecular flexibility index (Phi) is 6.22. The molecule has 5 heteroatoms. The number of nitrogens with zero attached hydrogens (tertiary/aromatic N) is 2. The van der Waals surface area contributed by atoms with Crippen molar-refractivity contribution in [1.29, 1.82) is 0 Å². The zero-order valence-corrected chi connectivity index (χ0v) is 17.5. The van der Waals surface area contributed by atoms with Gasteiger partial charge in [0.15, 0.2) is 0 Å². The highest BCUT2D eigenvalue weighted by atomic mass is 16.2. The summed E-state index contributed by atoms with van der Waals surface area (Å²) in [5, 5.41) is 9.61. The van der Waals surface area contributed by atoms with E-state index < -0.39 is 0 Å². The van der Waals surface area contributed by atoms with Crippen LogP contribution in [0.1, 0.15) is 18.9 Å². The molecule has 0 spiro atoms. The minimum Gasteiger partial charge on any atom is -0.352 e. The maximum Gasteiger partial charge on any atom is 0.267 e. The molecule has 156 valence electrons. The highest BCUT2D eigenvalue weighted by molar-refractivity contribution is 5.95. The van der Waals surface area contributed by atoms with E-state index in [9.17, 15) is 9.59 Å². The van der Waals surface area contributed by atoms with Crippen molar-refractivity contribution in [1.82, 2.24) is 15.1 Å². The van der Waals surface area contributed by atoms with Crippen molar-refractivity contribution in [3.8, 4) is 11.3 Å². The van der Waals surface area contributed by atoms with Crippen molar-refractivity contribution in [2.75, 3.05) is 0 Å². The van der Waals surface area contributed by atoms with Crippen LogP contribution in [0.5, 0.6) is 0 Å². The number of carbonyl (C=O) groups excluding carboxylic acids is 1. The summed E-state index contributed by atoms with van der Waals surface area (Å²) < 4.78 is 1.23. The Morgan fingerprint density at radius 3 is 2.52 bits per heavy atom. The molecule has 0 aliphatic rings. The number of hydrogen-bond acceptors (Lipinski definition) is 3. The highest BCUT2D eigenvalue weighted by Gasteiger charge is 2.12. The standard InChI is InChI=1S/C26H25N3O2/c1-19(14-15-20-8-3-2-4-9-20)27-25(30)18-29-26(31)17-16-24(28-29)23-13-7-11-21-10-5-6-12-22(21)23/h2-13,16-17,19H,14-15,18H2,1H3,(H,27,30)/t19-/m0/s1. The van der Waals surface area contributed by atoms with Gasteiger partial charge in [0.25, 0.3) is 5.56 Å². The minimum atomic E-state index is -0.295. The molecule has 5 nitrogen and oxygen atoms in total. The van der Waals surface area contributed by atoms with E-state index in [0.29, 0.717) is 5.69 Å². The summed E-state index contributed by atoms with van der Waals surface area (Å²) in [7, 11) is 0. The summed E-state index contributed by atoms with van der Waals surface area (Å²) in [6.07, 6.45) is 1.71. The third kappa shape index (κ3) is 5.07. The van der Waals surface area contributed by atoms with Crippen molar-refractivity contribution in [2.24, 2.45) is 0 Å². The maximum atomic E-state index is 12.5. The lowest BCUT2D eigenvalue weighted by Gasteiger charge is -2.15. The minimum absolute atomic E-state index is 0.00431. The molecule has 0 aliphatic carbocycles. The zero-order chi connectivity index (χ0) is 21.6. The van der Waals surface area contributed by atoms with E-state index in [4.69, 9.17) is 0 Å². The van der Waals surface area contributed by atoms with Gasteiger partial charge in [-0.1, -0.05) is 72.8 Å². The van der Waals surface area contributed by atoms with Crippen molar-refractivity contribution < 1.29 is 4.79 Å². The average molecular weight is 412 g/mol. The van der Waals surface area contributed by atoms with Gasteiger partial charge in [-0.2, -0.15) is 5.10 Å². The molecule has 1 atom stereocenters. The smallest absolute Gasteiger partial charge is 0.267 e. The van der Waals surface area contributed by atoms with Gasteiger partial charge in [-0.05, 0) is 42.2 Å². The number of nitrogens with one attached hydrogen (secondary N) is 1. The summed E-state index contributed by atoms with van der Waals surface area (Å²) in [6, 6.07) is 27.4. The van der Waals surface area contributed by atoms with Crippen LogP contribution in [0.25, 0.3) is 22.0 Å². The maximum absolute atomic E-state index is 12.5. The van der Waals surface area contributed by atoms with E-state index in [-0.39, 0.29) is 24.1 Å². The number of aromatic nitrogens is 2. The molecule has 4 aromatic rings. The Morgan fingerprint density at radius 2 is 1.68 bits per heavy atom. The van der Waals surface area contributed by atoms with Gasteiger partial charge in [-0.25, -0.2) is 4.68 Å². The molecule has 0 bridgehead atoms. The second-order valence-electron chi connectivity index (χ2n) is 7.73. The van der Waals surface area contributed by atoms with Gasteiger partial charge < -0.3 is 5.32 Å². The molecule has 0 aliphatic heterocycles. The quantitative estimate of drug-likeness (QED) is 0.496. The predicted octanol–water partition coefficient (Wildman–Crippen LogP) is 4.20. The molecule has 0 saturated carbocycles. The first-order valence-electron chi connectivity index (χ1n) is 10.5. The highest BCUT2D eigenvalue weighted by Crippen LogP contribution is 2.26. The van der Waals surface area contributed by atoms with Crippen LogP contribution in [0.15, 0.2) is 89.7 Å². The van der Waals surface area contributed by atoms with Gasteiger partial charge in [0.2, 0.25) is 5.91 Å². The Balaban J connectivity index is 1.46. The van der Waals surface area contributed by atoms with Crippen LogP contribution < -0.4 is 10.9 Å². The normalized spacial score (nSPS) is 11.9. The molecule has 0 saturated heterocycles. The van der Waals surface area contributed by atoms with Gasteiger partial charge in [0.1, 0.15) is 6.54 Å². The van der Waals surface area contributed by atoms with E-state index in [1.165, 1.54) is 16.3 Å². The van der Waals surface area contributed by atoms with Gasteiger partial charge in [-0.3, -0.25) is 9.59 Å². The second-order valence-corrected chi connectivity index (χ2v) is 7.73. The van der Waals surface area contributed by atoms with E-state index in [1.54, 1.807) is 6.07 Å². The van der Waals surface area contributed by atoms with Crippen LogP contribution in [0.4, 0.5) is 0 Å². The van der Waals surface area contributed by atoms with Crippen molar-refractivity contribution >= 4 is 16.7 Å². The molecular weight excluding hydrogens is 386 g/mol. The first-order chi connectivity index (χ1) is 15.1. The van der Waals surface area contributed by atoms with E-state index >= 15 is 0 Å². The van der Waals surface area contributed by atoms with Crippen LogP contribution in [0.2, 0.25) is 0 Å². The lowest BCUT2D eigenvalue weighted by atomic mass is 10.0. The molecule has 0 unspecified atom stereocenters. The fourth-order valence-electron chi connectivity index (χ4n) is 3.71. The number of carbonyl (C=O) groups is 1. The summed E-state index contributed by atoms with van der Waals surface area (Å²) >= 11 is 0. The fraction of sp³-hybridized carbons (Fsp3) is 0.192. The van der Waals surface area contributed by atoms with Gasteiger partial charge in [0, 0.05) is 17.7 Å². The number of aryl methyl sites for hydroxylation is 1. The lowest BCUT2D eigenvalue weighted by Crippen LogP contribution is -2.38. The largest absolute Gasteiger partial charge is 0.352 e. The molecule has 1 aromatic heterocycles. The molecule has 0 radical (unpaired) electrons. The summed E-state index contributed by atoms with van der Waals surface area (Å²) in [5.74, 6) is -0.217. The summed E-state index contributed by atoms with van der Waals surface area (Å²) in [5.41, 5.74) is 2.55. The summed E-state index contributed by atoms with van der Waals surface area (Å²) in [6.45, 7) is 1.87. The number of amides is 1. The molecule has 1 amide bonds. The van der Waals surface area contributed by atoms with Crippen LogP contribution >= 0.6 is 0 Å². The van der Waals surface area contributed by atoms with E-state index in [1.807, 2.05) is 67.6 Å². The van der Waals surface area contributed by atoms with Gasteiger partial charge in [0.05, 0.1) is 5.69 Å². The molecule has 3 aromatic carbocycles. The molecule has 31 heavy (non-hydrogen) atoms. The first kappa shape index (κ1) is 20.5. The number of rotatable bonds is 7. The van der Waals surface area contributed by atoms with E-state index in [0.717, 1.165) is 29.2 Å². The predicted molar refractivity (Wildman–Crippen MR) is 124 cm³/mol. The topological polar surface area (TPSA) is 64.0 Å². The molecule has 1 heterocycles. The third-order valence-corrected chi connectivity index (χ3v) is 5.34. The second kappa shape index (κ2) is 9.39. The SMILES string of the molecule is C[C@@H](CCc1ccccc1)NC(=O)Cn1nc(-c2cccc3ccccc23)ccc1=O. The van der Waals surface area contributed by atoms with Gasteiger partial charge in [-0.15, -0.1) is 0 Å². The number of fused-ring (bicyclic) bond motifs is 1. The van der Waals surface area contributed by atoms with Crippen molar-refractivity contribution in [3.05, 3.63) is 101 Å². The Morgan fingerprint density at radius 1 is 0.935 bits per heavy atom. The number of hydrogen-bond donors (Lipinski definition) is 1. The zero-order valence-electron chi connectivity index (χ0n) is 17.5. The fourth-order valence-corrected chi connectivity index (χ4v) is 3.71. The van der Waals surface area contributed by atoms with Gasteiger partial charge >= 0.3 is 0 Å². The Hall–Kier alpha value is -3.73. The average Bonchev–Trinajstić information content (AvgIpc) is 2.79. The van der Waals surface area contributed by atoms with E-state index in [2.05, 4.69) is 22.5 Å². The lowest BCUT2D eigenvalue weighted by molar-refractivity contribution is -0.122. The van der Waals surface area contributed by atoms with Crippen LogP contribution in [-0.4, -0.2) is 21.7 Å². The molecular formula is C26H25N3O2.